The Kier molecular flexibility index (Phi) is 6.59. The quantitative estimate of drug-likeness (QED) is 0.589. The second-order valence-electron chi connectivity index (χ2n) is 8.32. The zero-order valence-electron chi connectivity index (χ0n) is 18.4. The van der Waals surface area contributed by atoms with Crippen LogP contribution >= 0.6 is 11.3 Å². The number of hydrogen-bond donors (Lipinski definition) is 1. The van der Waals surface area contributed by atoms with Gasteiger partial charge in [0.2, 0.25) is 5.91 Å². The van der Waals surface area contributed by atoms with Gasteiger partial charge >= 0.3 is 5.69 Å². The molecule has 33 heavy (non-hydrogen) atoms. The Morgan fingerprint density at radius 3 is 2.64 bits per heavy atom. The summed E-state index contributed by atoms with van der Waals surface area (Å²) in [6.07, 6.45) is 2.56. The average Bonchev–Trinajstić information content (AvgIpc) is 3.23. The van der Waals surface area contributed by atoms with Crippen molar-refractivity contribution in [1.29, 1.82) is 0 Å². The topological polar surface area (TPSA) is 89.2 Å². The first-order chi connectivity index (χ1) is 15.8. The number of carbonyl (C=O) groups is 1. The van der Waals surface area contributed by atoms with Crippen LogP contribution in [0.5, 0.6) is 0 Å². The monoisotopic (exact) mass is 477 g/mol. The summed E-state index contributed by atoms with van der Waals surface area (Å²) in [6.45, 7) is 5.34. The molecule has 3 heterocycles. The van der Waals surface area contributed by atoms with Crippen molar-refractivity contribution in [2.24, 2.45) is 5.92 Å². The van der Waals surface area contributed by atoms with Gasteiger partial charge in [-0.25, -0.2) is 18.6 Å². The molecular formula is C22H25F2N5O3S. The van der Waals surface area contributed by atoms with E-state index in [0.717, 1.165) is 53.3 Å². The molecule has 0 radical (unpaired) electrons. The molecule has 1 N–H and O–H groups in total. The number of halogens is 2. The molecule has 8 nitrogen and oxygen atoms in total. The summed E-state index contributed by atoms with van der Waals surface area (Å²) in [4.78, 5) is 45.4. The molecule has 1 saturated heterocycles. The van der Waals surface area contributed by atoms with Gasteiger partial charge < -0.3 is 10.2 Å². The number of piperidine rings is 1. The van der Waals surface area contributed by atoms with Gasteiger partial charge in [-0.3, -0.25) is 18.7 Å². The van der Waals surface area contributed by atoms with E-state index in [2.05, 4.69) is 22.1 Å². The zero-order chi connectivity index (χ0) is 23.7. The van der Waals surface area contributed by atoms with Crippen LogP contribution in [0, 0.1) is 17.6 Å². The average molecular weight is 478 g/mol. The van der Waals surface area contributed by atoms with Crippen molar-refractivity contribution in [1.82, 2.24) is 14.1 Å². The number of rotatable bonds is 6. The summed E-state index contributed by atoms with van der Waals surface area (Å²) < 4.78 is 29.9. The molecule has 1 fully saturated rings. The van der Waals surface area contributed by atoms with Crippen molar-refractivity contribution >= 4 is 38.4 Å². The van der Waals surface area contributed by atoms with E-state index in [0.29, 0.717) is 22.2 Å². The summed E-state index contributed by atoms with van der Waals surface area (Å²) in [5.41, 5.74) is -1.29. The van der Waals surface area contributed by atoms with Gasteiger partial charge in [0.25, 0.3) is 5.56 Å². The molecule has 0 saturated carbocycles. The lowest BCUT2D eigenvalue weighted by atomic mass is 10.00. The van der Waals surface area contributed by atoms with Crippen LogP contribution in [0.25, 0.3) is 10.3 Å². The number of nitrogens with one attached hydrogen (secondary N) is 1. The van der Waals surface area contributed by atoms with E-state index < -0.39 is 35.3 Å². The van der Waals surface area contributed by atoms with E-state index in [1.807, 2.05) is 6.92 Å². The van der Waals surface area contributed by atoms with Crippen molar-refractivity contribution < 1.29 is 13.6 Å². The van der Waals surface area contributed by atoms with Crippen molar-refractivity contribution in [2.45, 2.75) is 46.2 Å². The fourth-order valence-corrected chi connectivity index (χ4v) is 4.97. The van der Waals surface area contributed by atoms with Gasteiger partial charge in [0.15, 0.2) is 10.8 Å². The molecule has 3 aromatic rings. The first-order valence-electron chi connectivity index (χ1n) is 10.9. The second-order valence-corrected chi connectivity index (χ2v) is 9.29. The Balaban J connectivity index is 1.73. The number of carbonyl (C=O) groups excluding carboxylic acids is 1. The van der Waals surface area contributed by atoms with Crippen LogP contribution in [0.2, 0.25) is 0 Å². The largest absolute Gasteiger partial charge is 0.348 e. The number of nitrogens with zero attached hydrogens (tertiary/aromatic N) is 4. The van der Waals surface area contributed by atoms with E-state index in [1.54, 1.807) is 0 Å². The number of hydrogen-bond acceptors (Lipinski definition) is 6. The van der Waals surface area contributed by atoms with Gasteiger partial charge in [0, 0.05) is 25.7 Å². The normalized spacial score (nSPS) is 14.7. The van der Waals surface area contributed by atoms with Crippen LogP contribution in [-0.4, -0.2) is 33.1 Å². The van der Waals surface area contributed by atoms with Crippen molar-refractivity contribution in [2.75, 3.05) is 23.3 Å². The number of benzene rings is 1. The molecule has 2 aromatic heterocycles. The molecule has 0 bridgehead atoms. The van der Waals surface area contributed by atoms with Crippen LogP contribution in [0.15, 0.2) is 27.8 Å². The highest BCUT2D eigenvalue weighted by Gasteiger charge is 2.24. The maximum Gasteiger partial charge on any atom is 0.333 e. The Labute approximate surface area is 192 Å². The first-order valence-corrected chi connectivity index (χ1v) is 11.7. The molecule has 1 aliphatic heterocycles. The van der Waals surface area contributed by atoms with Crippen LogP contribution in [-0.2, 0) is 17.9 Å². The number of anilines is 2. The minimum absolute atomic E-state index is 0.130. The van der Waals surface area contributed by atoms with Gasteiger partial charge in [-0.2, -0.15) is 0 Å². The molecule has 0 unspecified atom stereocenters. The Bertz CT molecular complexity index is 1310. The van der Waals surface area contributed by atoms with E-state index in [-0.39, 0.29) is 17.9 Å². The van der Waals surface area contributed by atoms with Crippen molar-refractivity contribution in [3.05, 3.63) is 50.7 Å². The van der Waals surface area contributed by atoms with Gasteiger partial charge in [0.05, 0.1) is 5.69 Å². The Morgan fingerprint density at radius 2 is 1.94 bits per heavy atom. The molecule has 1 amide bonds. The number of aromatic nitrogens is 3. The van der Waals surface area contributed by atoms with Crippen LogP contribution in [0.1, 0.15) is 33.1 Å². The molecule has 0 aliphatic carbocycles. The standard InChI is InChI=1S/C22H25F2N5O3S/c1-3-8-28-20(31)18-19(26-21(33-18)27-9-6-13(2)7-10-27)29(22(28)32)12-17(30)25-16-11-14(23)4-5-15(16)24/h4-5,11,13H,3,6-10,12H2,1-2H3,(H,25,30). The van der Waals surface area contributed by atoms with Gasteiger partial charge in [-0.1, -0.05) is 25.2 Å². The van der Waals surface area contributed by atoms with E-state index in [9.17, 15) is 23.2 Å². The predicted molar refractivity (Wildman–Crippen MR) is 124 cm³/mol. The maximum absolute atomic E-state index is 13.9. The summed E-state index contributed by atoms with van der Waals surface area (Å²) in [7, 11) is 0. The van der Waals surface area contributed by atoms with Crippen LogP contribution in [0.3, 0.4) is 0 Å². The lowest BCUT2D eigenvalue weighted by Crippen LogP contribution is -2.41. The van der Waals surface area contributed by atoms with Crippen molar-refractivity contribution in [3.63, 3.8) is 0 Å². The highest BCUT2D eigenvalue weighted by Crippen LogP contribution is 2.29. The van der Waals surface area contributed by atoms with E-state index >= 15 is 0 Å². The number of thiazole rings is 1. The minimum Gasteiger partial charge on any atom is -0.348 e. The third-order valence-corrected chi connectivity index (χ3v) is 6.85. The van der Waals surface area contributed by atoms with E-state index in [1.165, 1.54) is 11.3 Å². The number of amides is 1. The highest BCUT2D eigenvalue weighted by molar-refractivity contribution is 7.22. The molecular weight excluding hydrogens is 452 g/mol. The summed E-state index contributed by atoms with van der Waals surface area (Å²) in [5.74, 6) is -1.62. The SMILES string of the molecule is CCCn1c(=O)c2sc(N3CCC(C)CC3)nc2n(CC(=O)Nc2cc(F)ccc2F)c1=O. The highest BCUT2D eigenvalue weighted by atomic mass is 32.1. The fourth-order valence-electron chi connectivity index (χ4n) is 3.89. The minimum atomic E-state index is -0.798. The second kappa shape index (κ2) is 9.42. The summed E-state index contributed by atoms with van der Waals surface area (Å²) in [5, 5.41) is 2.93. The lowest BCUT2D eigenvalue weighted by Gasteiger charge is -2.29. The third-order valence-electron chi connectivity index (χ3n) is 5.76. The lowest BCUT2D eigenvalue weighted by molar-refractivity contribution is -0.116. The molecule has 176 valence electrons. The van der Waals surface area contributed by atoms with Gasteiger partial charge in [-0.05, 0) is 37.3 Å². The van der Waals surface area contributed by atoms with Crippen LogP contribution < -0.4 is 21.5 Å². The molecule has 1 aromatic carbocycles. The summed E-state index contributed by atoms with van der Waals surface area (Å²) >= 11 is 1.21. The van der Waals surface area contributed by atoms with Crippen LogP contribution in [0.4, 0.5) is 19.6 Å². The first kappa shape index (κ1) is 23.1. The Morgan fingerprint density at radius 1 is 1.21 bits per heavy atom. The van der Waals surface area contributed by atoms with E-state index in [4.69, 9.17) is 0 Å². The smallest absolute Gasteiger partial charge is 0.333 e. The molecule has 0 spiro atoms. The maximum atomic E-state index is 13.9. The fraction of sp³-hybridized carbons (Fsp3) is 0.455. The molecule has 1 aliphatic rings. The van der Waals surface area contributed by atoms with Crippen molar-refractivity contribution in [3.8, 4) is 0 Å². The molecule has 4 rings (SSSR count). The third kappa shape index (κ3) is 4.68. The molecule has 0 atom stereocenters. The zero-order valence-corrected chi connectivity index (χ0v) is 19.3. The predicted octanol–water partition coefficient (Wildman–Crippen LogP) is 3.18. The number of fused-ring (bicyclic) bond motifs is 1. The van der Waals surface area contributed by atoms with Gasteiger partial charge in [0.1, 0.15) is 22.9 Å². The Hall–Kier alpha value is -3.08. The van der Waals surface area contributed by atoms with Gasteiger partial charge in [-0.15, -0.1) is 0 Å². The molecule has 11 heteroatoms. The summed E-state index contributed by atoms with van der Waals surface area (Å²) in [6, 6.07) is 2.71.